The first kappa shape index (κ1) is 12.8. The van der Waals surface area contributed by atoms with Crippen LogP contribution < -0.4 is 0 Å². The fourth-order valence-electron chi connectivity index (χ4n) is 1.58. The maximum Gasteiger partial charge on any atom is 0.219 e. The molecule has 0 radical (unpaired) electrons. The molecule has 0 N–H and O–H groups in total. The van der Waals surface area contributed by atoms with Gasteiger partial charge in [0.15, 0.2) is 0 Å². The monoisotopic (exact) mass is 257 g/mol. The molecule has 1 heterocycles. The van der Waals surface area contributed by atoms with Crippen LogP contribution in [0.25, 0.3) is 0 Å². The first-order valence-corrected chi connectivity index (χ1v) is 6.87. The van der Waals surface area contributed by atoms with E-state index in [1.807, 2.05) is 49.5 Å². The summed E-state index contributed by atoms with van der Waals surface area (Å²) in [6, 6.07) is 11.7. The summed E-state index contributed by atoms with van der Waals surface area (Å²) >= 11 is 1.36. The van der Waals surface area contributed by atoms with Crippen molar-refractivity contribution in [2.24, 2.45) is 0 Å². The number of pyridine rings is 1. The van der Waals surface area contributed by atoms with Gasteiger partial charge in [-0.15, -0.1) is 0 Å². The standard InChI is InChI=1S/C15H15NOS/c1-12-4-6-14(7-5-12)15(17)18-10-8-13-3-2-9-16-11-13/h2-7,9,11H,8,10H2,1H3. The van der Waals surface area contributed by atoms with Gasteiger partial charge in [0.2, 0.25) is 5.12 Å². The van der Waals surface area contributed by atoms with Gasteiger partial charge < -0.3 is 0 Å². The Bertz CT molecular complexity index is 508. The summed E-state index contributed by atoms with van der Waals surface area (Å²) in [5.41, 5.74) is 3.12. The molecule has 0 spiro atoms. The highest BCUT2D eigenvalue weighted by molar-refractivity contribution is 8.14. The molecule has 18 heavy (non-hydrogen) atoms. The second-order valence-corrected chi connectivity index (χ2v) is 5.18. The number of hydrogen-bond acceptors (Lipinski definition) is 3. The molecule has 0 aliphatic carbocycles. The number of rotatable bonds is 4. The van der Waals surface area contributed by atoms with E-state index in [0.717, 1.165) is 17.7 Å². The minimum Gasteiger partial charge on any atom is -0.282 e. The van der Waals surface area contributed by atoms with Crippen LogP contribution >= 0.6 is 11.8 Å². The van der Waals surface area contributed by atoms with Crippen LogP contribution in [0.3, 0.4) is 0 Å². The van der Waals surface area contributed by atoms with E-state index in [-0.39, 0.29) is 5.12 Å². The van der Waals surface area contributed by atoms with Crippen molar-refractivity contribution < 1.29 is 4.79 Å². The van der Waals surface area contributed by atoms with Crippen LogP contribution in [0.1, 0.15) is 21.5 Å². The van der Waals surface area contributed by atoms with Gasteiger partial charge in [-0.2, -0.15) is 0 Å². The molecule has 0 saturated heterocycles. The molecule has 0 aliphatic heterocycles. The van der Waals surface area contributed by atoms with Crippen LogP contribution in [-0.2, 0) is 6.42 Å². The fraction of sp³-hybridized carbons (Fsp3) is 0.200. The Morgan fingerprint density at radius 3 is 2.67 bits per heavy atom. The third-order valence-corrected chi connectivity index (χ3v) is 3.54. The van der Waals surface area contributed by atoms with Gasteiger partial charge in [0.1, 0.15) is 0 Å². The molecule has 0 aliphatic rings. The average molecular weight is 257 g/mol. The number of nitrogens with zero attached hydrogens (tertiary/aromatic N) is 1. The van der Waals surface area contributed by atoms with Crippen molar-refractivity contribution in [1.29, 1.82) is 0 Å². The number of benzene rings is 1. The first-order valence-electron chi connectivity index (χ1n) is 5.88. The predicted molar refractivity (Wildman–Crippen MR) is 75.9 cm³/mol. The third-order valence-electron chi connectivity index (χ3n) is 2.63. The minimum atomic E-state index is 0.138. The zero-order valence-corrected chi connectivity index (χ0v) is 11.1. The Labute approximate surface area is 111 Å². The summed E-state index contributed by atoms with van der Waals surface area (Å²) in [7, 11) is 0. The number of carbonyl (C=O) groups excluding carboxylic acids is 1. The highest BCUT2D eigenvalue weighted by atomic mass is 32.2. The van der Waals surface area contributed by atoms with Crippen molar-refractivity contribution in [3.63, 3.8) is 0 Å². The average Bonchev–Trinajstić information content (AvgIpc) is 2.40. The van der Waals surface area contributed by atoms with Crippen LogP contribution in [0.15, 0.2) is 48.8 Å². The van der Waals surface area contributed by atoms with Crippen molar-refractivity contribution in [2.75, 3.05) is 5.75 Å². The number of hydrogen-bond donors (Lipinski definition) is 0. The van der Waals surface area contributed by atoms with Gasteiger partial charge >= 0.3 is 0 Å². The van der Waals surface area contributed by atoms with E-state index in [1.165, 1.54) is 22.9 Å². The van der Waals surface area contributed by atoms with Crippen molar-refractivity contribution >= 4 is 16.9 Å². The lowest BCUT2D eigenvalue weighted by Crippen LogP contribution is -1.97. The lowest BCUT2D eigenvalue weighted by atomic mass is 10.2. The molecule has 3 heteroatoms. The normalized spacial score (nSPS) is 10.3. The molecular weight excluding hydrogens is 242 g/mol. The number of aromatic nitrogens is 1. The SMILES string of the molecule is Cc1ccc(C(=O)SCCc2cccnc2)cc1. The Morgan fingerprint density at radius 1 is 1.22 bits per heavy atom. The van der Waals surface area contributed by atoms with Gasteiger partial charge in [0.05, 0.1) is 0 Å². The van der Waals surface area contributed by atoms with Gasteiger partial charge in [-0.25, -0.2) is 0 Å². The zero-order valence-electron chi connectivity index (χ0n) is 10.3. The topological polar surface area (TPSA) is 30.0 Å². The maximum atomic E-state index is 11.9. The largest absolute Gasteiger partial charge is 0.282 e. The molecule has 0 bridgehead atoms. The van der Waals surface area contributed by atoms with E-state index in [2.05, 4.69) is 4.98 Å². The quantitative estimate of drug-likeness (QED) is 0.839. The minimum absolute atomic E-state index is 0.138. The molecule has 0 unspecified atom stereocenters. The summed E-state index contributed by atoms with van der Waals surface area (Å²) < 4.78 is 0. The van der Waals surface area contributed by atoms with Crippen LogP contribution in [0.2, 0.25) is 0 Å². The Morgan fingerprint density at radius 2 is 2.00 bits per heavy atom. The summed E-state index contributed by atoms with van der Waals surface area (Å²) in [5.74, 6) is 0.790. The molecule has 0 atom stereocenters. The van der Waals surface area contributed by atoms with E-state index in [9.17, 15) is 4.79 Å². The molecule has 92 valence electrons. The molecule has 0 fully saturated rings. The molecule has 1 aromatic carbocycles. The van der Waals surface area contributed by atoms with Crippen LogP contribution in [0.5, 0.6) is 0 Å². The molecule has 2 aromatic rings. The van der Waals surface area contributed by atoms with Gasteiger partial charge in [-0.1, -0.05) is 47.7 Å². The molecule has 1 aromatic heterocycles. The lowest BCUT2D eigenvalue weighted by molar-refractivity contribution is 0.108. The summed E-state index contributed by atoms with van der Waals surface area (Å²) in [4.78, 5) is 15.9. The molecular formula is C15H15NOS. The Balaban J connectivity index is 1.84. The van der Waals surface area contributed by atoms with Crippen molar-refractivity contribution in [2.45, 2.75) is 13.3 Å². The van der Waals surface area contributed by atoms with E-state index >= 15 is 0 Å². The highest BCUT2D eigenvalue weighted by Crippen LogP contribution is 2.14. The molecule has 2 rings (SSSR count). The van der Waals surface area contributed by atoms with E-state index in [0.29, 0.717) is 0 Å². The van der Waals surface area contributed by atoms with Crippen LogP contribution in [0.4, 0.5) is 0 Å². The van der Waals surface area contributed by atoms with E-state index in [4.69, 9.17) is 0 Å². The smallest absolute Gasteiger partial charge is 0.219 e. The zero-order chi connectivity index (χ0) is 12.8. The van der Waals surface area contributed by atoms with Crippen molar-refractivity contribution in [1.82, 2.24) is 4.98 Å². The van der Waals surface area contributed by atoms with Crippen LogP contribution in [-0.4, -0.2) is 15.9 Å². The summed E-state index contributed by atoms with van der Waals surface area (Å²) in [6.07, 6.45) is 4.47. The number of thioether (sulfide) groups is 1. The fourth-order valence-corrected chi connectivity index (χ4v) is 2.41. The van der Waals surface area contributed by atoms with Gasteiger partial charge in [-0.05, 0) is 25.0 Å². The molecule has 0 saturated carbocycles. The second kappa shape index (κ2) is 6.36. The predicted octanol–water partition coefficient (Wildman–Crippen LogP) is 3.51. The Kier molecular flexibility index (Phi) is 4.53. The van der Waals surface area contributed by atoms with Crippen molar-refractivity contribution in [3.05, 3.63) is 65.5 Å². The van der Waals surface area contributed by atoms with Gasteiger partial charge in [0, 0.05) is 23.7 Å². The lowest BCUT2D eigenvalue weighted by Gasteiger charge is -2.02. The third kappa shape index (κ3) is 3.70. The number of carbonyl (C=O) groups is 1. The first-order chi connectivity index (χ1) is 8.75. The van der Waals surface area contributed by atoms with E-state index < -0.39 is 0 Å². The van der Waals surface area contributed by atoms with Gasteiger partial charge in [0.25, 0.3) is 0 Å². The maximum absolute atomic E-state index is 11.9. The van der Waals surface area contributed by atoms with Crippen LogP contribution in [0, 0.1) is 6.92 Å². The van der Waals surface area contributed by atoms with Gasteiger partial charge in [-0.3, -0.25) is 9.78 Å². The summed E-state index contributed by atoms with van der Waals surface area (Å²) in [5, 5.41) is 0.138. The second-order valence-electron chi connectivity index (χ2n) is 4.11. The summed E-state index contributed by atoms with van der Waals surface area (Å²) in [6.45, 7) is 2.02. The molecule has 0 amide bonds. The molecule has 2 nitrogen and oxygen atoms in total. The Hall–Kier alpha value is -1.61. The van der Waals surface area contributed by atoms with Crippen molar-refractivity contribution in [3.8, 4) is 0 Å². The number of aryl methyl sites for hydroxylation is 2. The van der Waals surface area contributed by atoms with E-state index in [1.54, 1.807) is 6.20 Å². The highest BCUT2D eigenvalue weighted by Gasteiger charge is 2.05.